The first kappa shape index (κ1) is 15.8. The molecule has 27 heavy (non-hydrogen) atoms. The van der Waals surface area contributed by atoms with Gasteiger partial charge in [-0.25, -0.2) is 4.98 Å². The molecule has 1 N–H and O–H groups in total. The van der Waals surface area contributed by atoms with E-state index in [-0.39, 0.29) is 5.91 Å². The maximum Gasteiger partial charge on any atom is 0.255 e. The molecule has 0 aliphatic carbocycles. The average Bonchev–Trinajstić information content (AvgIpc) is 3.35. The molecule has 0 bridgehead atoms. The normalized spacial score (nSPS) is 13.3. The van der Waals surface area contributed by atoms with Crippen molar-refractivity contribution >= 4 is 16.8 Å². The molecule has 1 amide bonds. The molecule has 132 valence electrons. The molecule has 1 aliphatic rings. The van der Waals surface area contributed by atoms with Crippen molar-refractivity contribution in [2.24, 2.45) is 0 Å². The predicted octanol–water partition coefficient (Wildman–Crippen LogP) is 3.82. The summed E-state index contributed by atoms with van der Waals surface area (Å²) in [5, 5.41) is 1.13. The molecule has 0 saturated carbocycles. The molecule has 1 aliphatic heterocycles. The van der Waals surface area contributed by atoms with Crippen LogP contribution in [0.25, 0.3) is 22.2 Å². The van der Waals surface area contributed by atoms with Crippen molar-refractivity contribution in [1.82, 2.24) is 19.9 Å². The molecule has 0 radical (unpaired) electrons. The van der Waals surface area contributed by atoms with Crippen LogP contribution in [0.1, 0.15) is 21.6 Å². The summed E-state index contributed by atoms with van der Waals surface area (Å²) in [4.78, 5) is 26.8. The second kappa shape index (κ2) is 6.36. The van der Waals surface area contributed by atoms with Gasteiger partial charge in [-0.3, -0.25) is 9.78 Å². The first-order valence-electron chi connectivity index (χ1n) is 9.04. The van der Waals surface area contributed by atoms with Crippen LogP contribution in [0.5, 0.6) is 0 Å². The summed E-state index contributed by atoms with van der Waals surface area (Å²) in [6.07, 6.45) is 4.13. The van der Waals surface area contributed by atoms with E-state index in [1.54, 1.807) is 12.5 Å². The molecule has 3 heterocycles. The molecular weight excluding hydrogens is 336 g/mol. The van der Waals surface area contributed by atoms with Crippen LogP contribution in [0, 0.1) is 0 Å². The van der Waals surface area contributed by atoms with Crippen LogP contribution in [-0.4, -0.2) is 32.3 Å². The Labute approximate surface area is 156 Å². The molecule has 0 saturated heterocycles. The topological polar surface area (TPSA) is 61.9 Å². The van der Waals surface area contributed by atoms with E-state index < -0.39 is 0 Å². The Morgan fingerprint density at radius 3 is 2.85 bits per heavy atom. The van der Waals surface area contributed by atoms with Gasteiger partial charge < -0.3 is 9.88 Å². The lowest BCUT2D eigenvalue weighted by Crippen LogP contribution is -2.26. The zero-order valence-electron chi connectivity index (χ0n) is 14.7. The highest BCUT2D eigenvalue weighted by Gasteiger charge is 2.30. The molecule has 2 aromatic heterocycles. The van der Waals surface area contributed by atoms with Gasteiger partial charge in [-0.15, -0.1) is 0 Å². The van der Waals surface area contributed by atoms with Gasteiger partial charge in [0.25, 0.3) is 5.91 Å². The fourth-order valence-electron chi connectivity index (χ4n) is 3.73. The Morgan fingerprint density at radius 2 is 1.96 bits per heavy atom. The van der Waals surface area contributed by atoms with Crippen molar-refractivity contribution in [1.29, 1.82) is 0 Å². The van der Waals surface area contributed by atoms with Gasteiger partial charge in [0.05, 0.1) is 29.3 Å². The van der Waals surface area contributed by atoms with Gasteiger partial charge >= 0.3 is 0 Å². The van der Waals surface area contributed by atoms with E-state index in [0.717, 1.165) is 45.4 Å². The second-order valence-corrected chi connectivity index (χ2v) is 6.78. The number of imidazole rings is 1. The SMILES string of the molecule is O=C1c2c(cccc2-c2cnc[nH]2)CN1CCc1ccc2ccccc2n1. The van der Waals surface area contributed by atoms with Crippen LogP contribution in [0.3, 0.4) is 0 Å². The first-order valence-corrected chi connectivity index (χ1v) is 9.04. The Bertz CT molecular complexity index is 1130. The number of pyridine rings is 1. The van der Waals surface area contributed by atoms with Crippen LogP contribution in [0.2, 0.25) is 0 Å². The van der Waals surface area contributed by atoms with E-state index in [0.29, 0.717) is 13.1 Å². The van der Waals surface area contributed by atoms with E-state index in [9.17, 15) is 4.79 Å². The monoisotopic (exact) mass is 354 g/mol. The van der Waals surface area contributed by atoms with Gasteiger partial charge in [-0.1, -0.05) is 42.5 Å². The number of para-hydroxylation sites is 1. The number of aromatic nitrogens is 3. The molecule has 0 unspecified atom stereocenters. The number of H-pyrrole nitrogens is 1. The maximum atomic E-state index is 13.0. The highest BCUT2D eigenvalue weighted by Crippen LogP contribution is 2.31. The van der Waals surface area contributed by atoms with Gasteiger partial charge in [0.15, 0.2) is 0 Å². The van der Waals surface area contributed by atoms with E-state index in [2.05, 4.69) is 22.1 Å². The summed E-state index contributed by atoms with van der Waals surface area (Å²) >= 11 is 0. The number of benzene rings is 2. The number of nitrogens with one attached hydrogen (secondary N) is 1. The molecule has 0 fully saturated rings. The van der Waals surface area contributed by atoms with Crippen LogP contribution >= 0.6 is 0 Å². The van der Waals surface area contributed by atoms with Crippen LogP contribution in [0.4, 0.5) is 0 Å². The standard InChI is InChI=1S/C22H18N4O/c27-22-21-16(5-3-6-18(21)20-12-23-14-24-20)13-26(22)11-10-17-9-8-15-4-1-2-7-19(15)25-17/h1-9,12,14H,10-11,13H2,(H,23,24). The Balaban J connectivity index is 1.37. The van der Waals surface area contributed by atoms with Crippen LogP contribution in [0.15, 0.2) is 67.1 Å². The summed E-state index contributed by atoms with van der Waals surface area (Å²) in [7, 11) is 0. The van der Waals surface area contributed by atoms with Crippen molar-refractivity contribution in [2.75, 3.05) is 6.54 Å². The fraction of sp³-hybridized carbons (Fsp3) is 0.136. The Hall–Kier alpha value is -3.47. The summed E-state index contributed by atoms with van der Waals surface area (Å²) in [6.45, 7) is 1.30. The van der Waals surface area contributed by atoms with Gasteiger partial charge in [-0.05, 0) is 17.7 Å². The van der Waals surface area contributed by atoms with Crippen molar-refractivity contribution in [3.05, 3.63) is 83.9 Å². The Kier molecular flexibility index (Phi) is 3.71. The zero-order valence-corrected chi connectivity index (χ0v) is 14.7. The quantitative estimate of drug-likeness (QED) is 0.606. The van der Waals surface area contributed by atoms with E-state index in [1.807, 2.05) is 47.4 Å². The lowest BCUT2D eigenvalue weighted by Gasteiger charge is -2.15. The van der Waals surface area contributed by atoms with Crippen LogP contribution < -0.4 is 0 Å². The van der Waals surface area contributed by atoms with Gasteiger partial charge in [0.1, 0.15) is 0 Å². The number of nitrogens with zero attached hydrogens (tertiary/aromatic N) is 3. The van der Waals surface area contributed by atoms with Gasteiger partial charge in [-0.2, -0.15) is 0 Å². The summed E-state index contributed by atoms with van der Waals surface area (Å²) in [5.41, 5.74) is 5.64. The highest BCUT2D eigenvalue weighted by atomic mass is 16.2. The third-order valence-electron chi connectivity index (χ3n) is 5.10. The summed E-state index contributed by atoms with van der Waals surface area (Å²) in [5.74, 6) is 0.0796. The van der Waals surface area contributed by atoms with E-state index >= 15 is 0 Å². The number of hydrogen-bond donors (Lipinski definition) is 1. The molecule has 5 nitrogen and oxygen atoms in total. The highest BCUT2D eigenvalue weighted by molar-refractivity contribution is 6.04. The van der Waals surface area contributed by atoms with Gasteiger partial charge in [0, 0.05) is 36.2 Å². The predicted molar refractivity (Wildman–Crippen MR) is 104 cm³/mol. The number of carbonyl (C=O) groups excluding carboxylic acids is 1. The summed E-state index contributed by atoms with van der Waals surface area (Å²) in [6, 6.07) is 18.2. The lowest BCUT2D eigenvalue weighted by molar-refractivity contribution is 0.0780. The summed E-state index contributed by atoms with van der Waals surface area (Å²) < 4.78 is 0. The average molecular weight is 354 g/mol. The number of amides is 1. The minimum Gasteiger partial charge on any atom is -0.345 e. The molecule has 4 aromatic rings. The zero-order chi connectivity index (χ0) is 18.2. The molecule has 0 spiro atoms. The third-order valence-corrected chi connectivity index (χ3v) is 5.10. The van der Waals surface area contributed by atoms with Crippen molar-refractivity contribution in [3.63, 3.8) is 0 Å². The number of rotatable bonds is 4. The number of hydrogen-bond acceptors (Lipinski definition) is 3. The fourth-order valence-corrected chi connectivity index (χ4v) is 3.73. The Morgan fingerprint density at radius 1 is 1.04 bits per heavy atom. The van der Waals surface area contributed by atoms with Crippen LogP contribution in [-0.2, 0) is 13.0 Å². The lowest BCUT2D eigenvalue weighted by atomic mass is 10.0. The first-order chi connectivity index (χ1) is 13.3. The third kappa shape index (κ3) is 2.77. The van der Waals surface area contributed by atoms with Crippen molar-refractivity contribution in [3.8, 4) is 11.3 Å². The molecule has 2 aromatic carbocycles. The number of aromatic amines is 1. The maximum absolute atomic E-state index is 13.0. The molecule has 0 atom stereocenters. The molecular formula is C22H18N4O. The van der Waals surface area contributed by atoms with E-state index in [4.69, 9.17) is 4.98 Å². The molecule has 5 rings (SSSR count). The minimum atomic E-state index is 0.0796. The largest absolute Gasteiger partial charge is 0.345 e. The van der Waals surface area contributed by atoms with Crippen molar-refractivity contribution < 1.29 is 4.79 Å². The number of carbonyl (C=O) groups is 1. The van der Waals surface area contributed by atoms with Crippen molar-refractivity contribution in [2.45, 2.75) is 13.0 Å². The smallest absolute Gasteiger partial charge is 0.255 e. The van der Waals surface area contributed by atoms with E-state index in [1.165, 1.54) is 0 Å². The molecule has 5 heteroatoms. The second-order valence-electron chi connectivity index (χ2n) is 6.78. The van der Waals surface area contributed by atoms with Gasteiger partial charge in [0.2, 0.25) is 0 Å². The number of fused-ring (bicyclic) bond motifs is 2. The minimum absolute atomic E-state index is 0.0796.